The maximum absolute atomic E-state index is 12.8. The number of amides is 1. The number of rotatable bonds is 8. The summed E-state index contributed by atoms with van der Waals surface area (Å²) in [6, 6.07) is 22.3. The number of aromatic hydroxyl groups is 2. The third-order valence-electron chi connectivity index (χ3n) is 5.36. The Morgan fingerprint density at radius 1 is 0.816 bits per heavy atom. The Bertz CT molecular complexity index is 1440. The molecular weight excluding hydrogens is 533 g/mol. The lowest BCUT2D eigenvalue weighted by Gasteiger charge is -2.22. The predicted octanol–water partition coefficient (Wildman–Crippen LogP) is 6.88. The second kappa shape index (κ2) is 11.8. The quantitative estimate of drug-likeness (QED) is 0.218. The van der Waals surface area contributed by atoms with Crippen LogP contribution in [0.3, 0.4) is 0 Å². The number of carboxylic acids is 1. The summed E-state index contributed by atoms with van der Waals surface area (Å²) in [4.78, 5) is 25.1. The maximum atomic E-state index is 12.8. The molecule has 8 nitrogen and oxygen atoms in total. The first-order valence-electron chi connectivity index (χ1n) is 11.2. The molecule has 0 aliphatic carbocycles. The molecule has 0 radical (unpaired) electrons. The van der Waals surface area contributed by atoms with Crippen LogP contribution in [0.15, 0.2) is 84.9 Å². The van der Waals surface area contributed by atoms with Crippen molar-refractivity contribution in [2.24, 2.45) is 0 Å². The summed E-state index contributed by atoms with van der Waals surface area (Å²) in [5.74, 6) is -0.684. The minimum atomic E-state index is -1.30. The third kappa shape index (κ3) is 6.67. The van der Waals surface area contributed by atoms with E-state index in [1.54, 1.807) is 12.1 Å². The van der Waals surface area contributed by atoms with Crippen LogP contribution < -0.4 is 14.4 Å². The molecular formula is C28H21Cl2NO7. The number of benzene rings is 4. The molecule has 1 amide bonds. The summed E-state index contributed by atoms with van der Waals surface area (Å²) >= 11 is 12.9. The number of halogens is 2. The molecule has 4 rings (SSSR count). The number of carbonyl (C=O) groups excluding carboxylic acids is 1. The van der Waals surface area contributed by atoms with Crippen molar-refractivity contribution in [2.75, 3.05) is 11.4 Å². The molecule has 0 atom stereocenters. The van der Waals surface area contributed by atoms with Crippen LogP contribution in [0.4, 0.5) is 10.5 Å². The zero-order valence-electron chi connectivity index (χ0n) is 19.7. The highest BCUT2D eigenvalue weighted by Crippen LogP contribution is 2.41. The van der Waals surface area contributed by atoms with Gasteiger partial charge in [0.05, 0.1) is 15.7 Å². The van der Waals surface area contributed by atoms with Gasteiger partial charge >= 0.3 is 12.1 Å². The average molecular weight is 554 g/mol. The van der Waals surface area contributed by atoms with Crippen molar-refractivity contribution in [1.82, 2.24) is 0 Å². The van der Waals surface area contributed by atoms with Gasteiger partial charge in [-0.2, -0.15) is 0 Å². The van der Waals surface area contributed by atoms with Gasteiger partial charge in [-0.25, -0.2) is 4.79 Å². The molecule has 0 aromatic heterocycles. The lowest BCUT2D eigenvalue weighted by molar-refractivity contribution is -0.135. The van der Waals surface area contributed by atoms with Crippen molar-refractivity contribution in [1.29, 1.82) is 0 Å². The van der Waals surface area contributed by atoms with Crippen molar-refractivity contribution < 1.29 is 34.4 Å². The predicted molar refractivity (Wildman–Crippen MR) is 143 cm³/mol. The number of phenols is 2. The summed E-state index contributed by atoms with van der Waals surface area (Å²) in [7, 11) is 0. The number of ether oxygens (including phenoxy) is 2. The van der Waals surface area contributed by atoms with E-state index in [2.05, 4.69) is 0 Å². The summed E-state index contributed by atoms with van der Waals surface area (Å²) < 4.78 is 11.1. The average Bonchev–Trinajstić information content (AvgIpc) is 2.88. The summed E-state index contributed by atoms with van der Waals surface area (Å²) in [6.07, 6.45) is -0.527. The van der Waals surface area contributed by atoms with Crippen molar-refractivity contribution in [3.63, 3.8) is 0 Å². The van der Waals surface area contributed by atoms with Crippen LogP contribution in [0, 0.1) is 0 Å². The van der Waals surface area contributed by atoms with Crippen LogP contribution in [0.1, 0.15) is 11.1 Å². The maximum Gasteiger partial charge on any atom is 0.420 e. The largest absolute Gasteiger partial charge is 0.508 e. The second-order valence-electron chi connectivity index (χ2n) is 8.14. The molecule has 0 unspecified atom stereocenters. The van der Waals surface area contributed by atoms with E-state index in [1.807, 2.05) is 30.3 Å². The van der Waals surface area contributed by atoms with Gasteiger partial charge in [-0.1, -0.05) is 53.5 Å². The summed E-state index contributed by atoms with van der Waals surface area (Å²) in [5, 5.41) is 29.1. The highest BCUT2D eigenvalue weighted by atomic mass is 35.5. The van der Waals surface area contributed by atoms with Gasteiger partial charge in [-0.3, -0.25) is 9.69 Å². The SMILES string of the molecule is O=C(O)CN(C(=O)Oc1ccc(O)cc1)c1cc(Cl)c(Oc2ccc(O)c(Cc3ccccc3)c2)c(Cl)c1. The Hall–Kier alpha value is -4.40. The van der Waals surface area contributed by atoms with E-state index in [-0.39, 0.29) is 38.7 Å². The number of anilines is 1. The van der Waals surface area contributed by atoms with E-state index in [0.717, 1.165) is 10.5 Å². The third-order valence-corrected chi connectivity index (χ3v) is 5.92. The van der Waals surface area contributed by atoms with Crippen LogP contribution >= 0.6 is 23.2 Å². The van der Waals surface area contributed by atoms with Crippen molar-refractivity contribution in [2.45, 2.75) is 6.42 Å². The molecule has 0 saturated heterocycles. The first kappa shape index (κ1) is 26.7. The van der Waals surface area contributed by atoms with Gasteiger partial charge in [0.25, 0.3) is 0 Å². The number of nitrogens with zero attached hydrogens (tertiary/aromatic N) is 1. The van der Waals surface area contributed by atoms with Gasteiger partial charge in [-0.15, -0.1) is 0 Å². The van der Waals surface area contributed by atoms with Crippen LogP contribution in [0.5, 0.6) is 28.7 Å². The molecule has 0 bridgehead atoms. The molecule has 194 valence electrons. The van der Waals surface area contributed by atoms with Crippen LogP contribution in [0.25, 0.3) is 0 Å². The topological polar surface area (TPSA) is 117 Å². The molecule has 3 N–H and O–H groups in total. The number of carbonyl (C=O) groups is 2. The van der Waals surface area contributed by atoms with Gasteiger partial charge in [0.2, 0.25) is 0 Å². The molecule has 0 aliphatic rings. The van der Waals surface area contributed by atoms with Gasteiger partial charge in [0.15, 0.2) is 5.75 Å². The number of hydrogen-bond donors (Lipinski definition) is 3. The molecule has 0 spiro atoms. The monoisotopic (exact) mass is 553 g/mol. The molecule has 38 heavy (non-hydrogen) atoms. The second-order valence-corrected chi connectivity index (χ2v) is 8.95. The van der Waals surface area contributed by atoms with Gasteiger partial charge < -0.3 is 24.8 Å². The van der Waals surface area contributed by atoms with Crippen LogP contribution in [0.2, 0.25) is 10.0 Å². The minimum Gasteiger partial charge on any atom is -0.508 e. The molecule has 10 heteroatoms. The summed E-state index contributed by atoms with van der Waals surface area (Å²) in [5.41, 5.74) is 1.69. The lowest BCUT2D eigenvalue weighted by atomic mass is 10.0. The minimum absolute atomic E-state index is 0.0120. The van der Waals surface area contributed by atoms with Crippen molar-refractivity contribution in [3.8, 4) is 28.7 Å². The molecule has 0 aliphatic heterocycles. The fourth-order valence-electron chi connectivity index (χ4n) is 3.57. The standard InChI is InChI=1S/C28H21Cl2NO7/c29-23-14-19(31(16-26(34)35)28(36)38-21-8-6-20(32)7-9-21)15-24(30)27(23)37-22-10-11-25(33)18(13-22)12-17-4-2-1-3-5-17/h1-11,13-15,32-33H,12,16H2,(H,34,35). The van der Waals surface area contributed by atoms with E-state index in [0.29, 0.717) is 17.7 Å². The van der Waals surface area contributed by atoms with E-state index in [4.69, 9.17) is 32.7 Å². The highest BCUT2D eigenvalue weighted by molar-refractivity contribution is 6.37. The van der Waals surface area contributed by atoms with Gasteiger partial charge in [0.1, 0.15) is 29.5 Å². The smallest absolute Gasteiger partial charge is 0.420 e. The van der Waals surface area contributed by atoms with Crippen LogP contribution in [-0.2, 0) is 11.2 Å². The lowest BCUT2D eigenvalue weighted by Crippen LogP contribution is -2.37. The fraction of sp³-hybridized carbons (Fsp3) is 0.0714. The Morgan fingerprint density at radius 3 is 2.08 bits per heavy atom. The summed E-state index contributed by atoms with van der Waals surface area (Å²) in [6.45, 7) is -0.732. The van der Waals surface area contributed by atoms with Crippen molar-refractivity contribution >= 4 is 41.0 Å². The van der Waals surface area contributed by atoms with E-state index in [9.17, 15) is 24.9 Å². The van der Waals surface area contributed by atoms with Gasteiger partial charge in [-0.05, 0) is 60.2 Å². The first-order valence-corrected chi connectivity index (χ1v) is 12.0. The number of aliphatic carboxylic acids is 1. The Morgan fingerprint density at radius 2 is 1.45 bits per heavy atom. The van der Waals surface area contributed by atoms with E-state index < -0.39 is 18.6 Å². The number of carboxylic acid groups (broad SMARTS) is 1. The van der Waals surface area contributed by atoms with Crippen LogP contribution in [-0.4, -0.2) is 33.9 Å². The molecule has 0 saturated carbocycles. The molecule has 4 aromatic rings. The number of phenolic OH excluding ortho intramolecular Hbond substituents is 2. The van der Waals surface area contributed by atoms with E-state index in [1.165, 1.54) is 42.5 Å². The molecule has 4 aromatic carbocycles. The number of hydrogen-bond acceptors (Lipinski definition) is 6. The molecule has 0 heterocycles. The van der Waals surface area contributed by atoms with Crippen molar-refractivity contribution in [3.05, 3.63) is 106 Å². The zero-order valence-corrected chi connectivity index (χ0v) is 21.2. The Balaban J connectivity index is 1.58. The fourth-order valence-corrected chi connectivity index (χ4v) is 4.12. The van der Waals surface area contributed by atoms with E-state index >= 15 is 0 Å². The highest BCUT2D eigenvalue weighted by Gasteiger charge is 2.24. The zero-order chi connectivity index (χ0) is 27.2. The normalized spacial score (nSPS) is 10.6. The van der Waals surface area contributed by atoms with Gasteiger partial charge in [0, 0.05) is 12.0 Å². The first-order chi connectivity index (χ1) is 18.2. The Labute approximate surface area is 227 Å². The Kier molecular flexibility index (Phi) is 8.25. The molecule has 0 fully saturated rings.